The normalized spacial score (nSPS) is 8.72. The molecule has 0 aliphatic carbocycles. The van der Waals surface area contributed by atoms with Crippen LogP contribution in [0, 0.1) is 57.9 Å². The average Bonchev–Trinajstić information content (AvgIpc) is 2.72. The van der Waals surface area contributed by atoms with Gasteiger partial charge in [-0.15, -0.1) is 0 Å². The first kappa shape index (κ1) is 35.1. The first-order chi connectivity index (χ1) is 16.3. The molecule has 36 heavy (non-hydrogen) atoms. The monoisotopic (exact) mass is 636 g/mol. The summed E-state index contributed by atoms with van der Waals surface area (Å²) in [5, 5.41) is 2.28. The molecule has 2 heterocycles. The van der Waals surface area contributed by atoms with Crippen molar-refractivity contribution in [3.8, 4) is 0 Å². The molecule has 0 aliphatic heterocycles. The van der Waals surface area contributed by atoms with Crippen LogP contribution in [0.2, 0.25) is 0 Å². The zero-order valence-corrected chi connectivity index (χ0v) is 23.2. The third-order valence-electron chi connectivity index (χ3n) is 3.56. The van der Waals surface area contributed by atoms with Crippen LogP contribution < -0.4 is 0 Å². The van der Waals surface area contributed by atoms with Crippen LogP contribution >= 0.6 is 0 Å². The molecule has 0 radical (unpaired) electrons. The minimum absolute atomic E-state index is 0. The van der Waals surface area contributed by atoms with Gasteiger partial charge in [0.2, 0.25) is 0 Å². The van der Waals surface area contributed by atoms with Crippen molar-refractivity contribution in [1.82, 2.24) is 9.97 Å². The molecule has 9 heteroatoms. The molecular formula is C27H29N2O6Tb. The number of carbonyl (C=O) groups excluding carboxylic acids is 6. The van der Waals surface area contributed by atoms with E-state index in [2.05, 4.69) is 34.2 Å². The van der Waals surface area contributed by atoms with Crippen molar-refractivity contribution >= 4 is 56.5 Å². The fourth-order valence-electron chi connectivity index (χ4n) is 2.54. The van der Waals surface area contributed by atoms with Gasteiger partial charge in [-0.05, 0) is 53.7 Å². The molecule has 0 saturated carbocycles. The van der Waals surface area contributed by atoms with E-state index in [-0.39, 0.29) is 73.3 Å². The van der Waals surface area contributed by atoms with Gasteiger partial charge in [0.25, 0.3) is 0 Å². The molecule has 0 N–H and O–H groups in total. The van der Waals surface area contributed by atoms with Crippen molar-refractivity contribution < 1.29 is 67.4 Å². The number of aromatic nitrogens is 2. The summed E-state index contributed by atoms with van der Waals surface area (Å²) in [6.07, 6.45) is 6.77. The van der Waals surface area contributed by atoms with Crippen LogP contribution in [0.5, 0.6) is 0 Å². The van der Waals surface area contributed by atoms with E-state index in [1.807, 2.05) is 12.1 Å². The third kappa shape index (κ3) is 17.4. The predicted octanol–water partition coefficient (Wildman–Crippen LogP) is 3.89. The van der Waals surface area contributed by atoms with E-state index in [4.69, 9.17) is 0 Å². The Morgan fingerprint density at radius 1 is 0.500 bits per heavy atom. The van der Waals surface area contributed by atoms with Crippen LogP contribution in [0.1, 0.15) is 41.5 Å². The SMILES string of the molecule is CC(=O)[CH-]C(C)=O.CC(=O)[CH-]C(C)=O.CC(=O)[CH-]C(C)=O.[Tb+3].c1cnc2c(c1)ccc1cccnc12. The summed E-state index contributed by atoms with van der Waals surface area (Å²) in [5.41, 5.74) is 1.95. The van der Waals surface area contributed by atoms with Crippen molar-refractivity contribution in [3.63, 3.8) is 0 Å². The minimum Gasteiger partial charge on any atom is -0.334 e. The van der Waals surface area contributed by atoms with E-state index < -0.39 is 0 Å². The fourth-order valence-corrected chi connectivity index (χ4v) is 2.54. The summed E-state index contributed by atoms with van der Waals surface area (Å²) in [7, 11) is 0. The number of ketones is 6. The molecule has 2 aromatic heterocycles. The number of benzene rings is 1. The Bertz CT molecular complexity index is 1050. The number of pyridine rings is 2. The maximum Gasteiger partial charge on any atom is 3.00 e. The molecule has 192 valence electrons. The number of rotatable bonds is 6. The molecule has 0 spiro atoms. The van der Waals surface area contributed by atoms with Gasteiger partial charge >= 0.3 is 38.6 Å². The minimum atomic E-state index is -0.187. The van der Waals surface area contributed by atoms with Crippen molar-refractivity contribution in [2.24, 2.45) is 0 Å². The van der Waals surface area contributed by atoms with E-state index in [0.29, 0.717) is 0 Å². The molecule has 3 aromatic rings. The molecule has 1 aromatic carbocycles. The van der Waals surface area contributed by atoms with Gasteiger partial charge in [-0.1, -0.05) is 24.3 Å². The van der Waals surface area contributed by atoms with Crippen LogP contribution in [0.3, 0.4) is 0 Å². The van der Waals surface area contributed by atoms with Gasteiger partial charge in [0, 0.05) is 57.9 Å². The van der Waals surface area contributed by atoms with Gasteiger partial charge in [-0.3, -0.25) is 29.2 Å². The number of hydrogen-bond acceptors (Lipinski definition) is 8. The third-order valence-corrected chi connectivity index (χ3v) is 3.56. The molecule has 0 unspecified atom stereocenters. The first-order valence-electron chi connectivity index (χ1n) is 10.5. The second-order valence-electron chi connectivity index (χ2n) is 7.31. The zero-order valence-electron chi connectivity index (χ0n) is 21.0. The Morgan fingerprint density at radius 2 is 0.750 bits per heavy atom. The van der Waals surface area contributed by atoms with E-state index in [0.717, 1.165) is 41.1 Å². The molecule has 0 amide bonds. The molecule has 3 rings (SSSR count). The van der Waals surface area contributed by atoms with E-state index >= 15 is 0 Å². The topological polar surface area (TPSA) is 128 Å². The van der Waals surface area contributed by atoms with Gasteiger partial charge in [-0.2, -0.15) is 0 Å². The van der Waals surface area contributed by atoms with E-state index in [9.17, 15) is 28.8 Å². The van der Waals surface area contributed by atoms with Crippen LogP contribution in [0.15, 0.2) is 48.8 Å². The smallest absolute Gasteiger partial charge is 0.334 e. The Morgan fingerprint density at radius 3 is 0.944 bits per heavy atom. The molecule has 8 nitrogen and oxygen atoms in total. The average molecular weight is 636 g/mol. The summed E-state index contributed by atoms with van der Waals surface area (Å²) in [5.74, 6) is -1.12. The molecule has 0 saturated heterocycles. The molecule has 0 bridgehead atoms. The van der Waals surface area contributed by atoms with Crippen molar-refractivity contribution in [2.75, 3.05) is 0 Å². The Hall–Kier alpha value is -3.04. The number of carbonyl (C=O) groups is 6. The summed E-state index contributed by atoms with van der Waals surface area (Å²) in [4.78, 5) is 68.6. The fraction of sp³-hybridized carbons (Fsp3) is 0.222. The Labute approximate surface area is 242 Å². The summed E-state index contributed by atoms with van der Waals surface area (Å²) >= 11 is 0. The second-order valence-corrected chi connectivity index (χ2v) is 7.31. The predicted molar refractivity (Wildman–Crippen MR) is 134 cm³/mol. The van der Waals surface area contributed by atoms with Gasteiger partial charge in [0.15, 0.2) is 0 Å². The zero-order chi connectivity index (χ0) is 27.0. The number of nitrogens with zero attached hydrogens (tertiary/aromatic N) is 2. The quantitative estimate of drug-likeness (QED) is 0.227. The number of hydrogen-bond donors (Lipinski definition) is 0. The summed E-state index contributed by atoms with van der Waals surface area (Å²) in [6, 6.07) is 12.1. The van der Waals surface area contributed by atoms with E-state index in [1.54, 1.807) is 12.4 Å². The van der Waals surface area contributed by atoms with Gasteiger partial charge < -0.3 is 28.8 Å². The molecule has 0 fully saturated rings. The van der Waals surface area contributed by atoms with Crippen molar-refractivity contribution in [2.45, 2.75) is 41.5 Å². The molecular weight excluding hydrogens is 607 g/mol. The molecule has 0 aliphatic rings. The number of fused-ring (bicyclic) bond motifs is 3. The summed E-state index contributed by atoms with van der Waals surface area (Å²) < 4.78 is 0. The Kier molecular flexibility index (Phi) is 18.7. The van der Waals surface area contributed by atoms with Gasteiger partial charge in [-0.25, -0.2) is 0 Å². The van der Waals surface area contributed by atoms with Crippen molar-refractivity contribution in [3.05, 3.63) is 68.1 Å². The van der Waals surface area contributed by atoms with Gasteiger partial charge in [0.1, 0.15) is 0 Å². The maximum absolute atomic E-state index is 9.98. The van der Waals surface area contributed by atoms with Crippen LogP contribution in [0.4, 0.5) is 0 Å². The van der Waals surface area contributed by atoms with Crippen LogP contribution in [-0.4, -0.2) is 44.7 Å². The van der Waals surface area contributed by atoms with E-state index in [1.165, 1.54) is 41.5 Å². The first-order valence-corrected chi connectivity index (χ1v) is 10.5. The standard InChI is InChI=1S/C12H8N2.3C5H7O2.Tb/c1-3-9-5-6-10-4-2-8-14-12(10)11(9)13-7-1;3*1-4(6)3-5(2)7;/h1-8H;3*3H,1-2H3;/q;3*-1;+3. The molecule has 0 atom stereocenters. The van der Waals surface area contributed by atoms with Gasteiger partial charge in [0.05, 0.1) is 11.0 Å². The maximum atomic E-state index is 9.98. The number of Topliss-reactive ketones (excluding diaryl/α,β-unsaturated/α-hetero) is 6. The van der Waals surface area contributed by atoms with Crippen LogP contribution in [-0.2, 0) is 28.8 Å². The second kappa shape index (κ2) is 19.2. The summed E-state index contributed by atoms with van der Waals surface area (Å²) in [6.45, 7) is 8.09. The Balaban J connectivity index is 0. The largest absolute Gasteiger partial charge is 3.00 e. The van der Waals surface area contributed by atoms with Crippen LogP contribution in [0.25, 0.3) is 21.8 Å². The van der Waals surface area contributed by atoms with Crippen molar-refractivity contribution in [1.29, 1.82) is 0 Å².